The predicted octanol–water partition coefficient (Wildman–Crippen LogP) is 0.795. The summed E-state index contributed by atoms with van der Waals surface area (Å²) in [6.45, 7) is 6.42. The molecule has 0 rings (SSSR count). The van der Waals surface area contributed by atoms with Gasteiger partial charge in [0.15, 0.2) is 0 Å². The molecule has 0 radical (unpaired) electrons. The van der Waals surface area contributed by atoms with Gasteiger partial charge in [-0.2, -0.15) is 0 Å². The predicted molar refractivity (Wildman–Crippen MR) is 149 cm³/mol. The van der Waals surface area contributed by atoms with E-state index in [1.165, 1.54) is 13.8 Å². The second-order valence-electron chi connectivity index (χ2n) is 9.55. The Labute approximate surface area is 232 Å². The van der Waals surface area contributed by atoms with E-state index in [1.54, 1.807) is 0 Å². The molecule has 12 heteroatoms. The highest BCUT2D eigenvalue weighted by molar-refractivity contribution is 5.84. The van der Waals surface area contributed by atoms with Crippen molar-refractivity contribution in [3.8, 4) is 0 Å². The lowest BCUT2D eigenvalue weighted by Gasteiger charge is -2.08. The van der Waals surface area contributed by atoms with Crippen molar-refractivity contribution in [2.75, 3.05) is 39.3 Å². The van der Waals surface area contributed by atoms with E-state index in [0.717, 1.165) is 57.8 Å². The van der Waals surface area contributed by atoms with Crippen LogP contribution in [0, 0.1) is 0 Å². The number of amides is 6. The van der Waals surface area contributed by atoms with Crippen LogP contribution in [0.25, 0.3) is 0 Å². The summed E-state index contributed by atoms with van der Waals surface area (Å²) in [6, 6.07) is 0. The first-order chi connectivity index (χ1) is 18.7. The highest BCUT2D eigenvalue weighted by atomic mass is 16.2. The molecule has 0 aromatic heterocycles. The van der Waals surface area contributed by atoms with Crippen LogP contribution in [0.15, 0.2) is 0 Å². The van der Waals surface area contributed by atoms with Crippen LogP contribution in [0.4, 0.5) is 0 Å². The molecule has 6 N–H and O–H groups in total. The standard InChI is InChI=1S/C27H50N6O6/c1-22(34)28-16-6-3-8-18-30-24(36)12-14-26(38)32-20-10-5-11-21-33-27(39)15-13-25(37)31-19-9-4-7-17-29-23(2)35/h3-21H2,1-2H3,(H,28,34)(H,29,35)(H,30,36)(H,31,37)(H,32,38)(H,33,39). The van der Waals surface area contributed by atoms with E-state index in [4.69, 9.17) is 0 Å². The number of unbranched alkanes of at least 4 members (excludes halogenated alkanes) is 6. The van der Waals surface area contributed by atoms with Gasteiger partial charge in [0, 0.05) is 78.8 Å². The summed E-state index contributed by atoms with van der Waals surface area (Å²) >= 11 is 0. The van der Waals surface area contributed by atoms with Gasteiger partial charge in [-0.3, -0.25) is 28.8 Å². The molecule has 0 fully saturated rings. The van der Waals surface area contributed by atoms with Gasteiger partial charge >= 0.3 is 0 Å². The first-order valence-corrected chi connectivity index (χ1v) is 14.3. The van der Waals surface area contributed by atoms with Crippen molar-refractivity contribution < 1.29 is 28.8 Å². The number of carbonyl (C=O) groups is 6. The van der Waals surface area contributed by atoms with Crippen LogP contribution in [-0.4, -0.2) is 74.7 Å². The number of rotatable bonds is 24. The van der Waals surface area contributed by atoms with Crippen LogP contribution < -0.4 is 31.9 Å². The molecule has 0 aromatic carbocycles. The van der Waals surface area contributed by atoms with Gasteiger partial charge in [-0.1, -0.05) is 0 Å². The van der Waals surface area contributed by atoms with Crippen molar-refractivity contribution in [2.24, 2.45) is 0 Å². The number of hydrogen-bond acceptors (Lipinski definition) is 6. The molecule has 0 unspecified atom stereocenters. The topological polar surface area (TPSA) is 175 Å². The van der Waals surface area contributed by atoms with Crippen LogP contribution in [0.2, 0.25) is 0 Å². The maximum Gasteiger partial charge on any atom is 0.220 e. The summed E-state index contributed by atoms with van der Waals surface area (Å²) in [6.07, 6.45) is 8.22. The van der Waals surface area contributed by atoms with Crippen molar-refractivity contribution in [1.82, 2.24) is 31.9 Å². The van der Waals surface area contributed by atoms with E-state index in [-0.39, 0.29) is 61.1 Å². The van der Waals surface area contributed by atoms with Gasteiger partial charge in [0.1, 0.15) is 0 Å². The fourth-order valence-corrected chi connectivity index (χ4v) is 3.53. The average Bonchev–Trinajstić information content (AvgIpc) is 2.88. The summed E-state index contributed by atoms with van der Waals surface area (Å²) in [5, 5.41) is 16.7. The van der Waals surface area contributed by atoms with Crippen LogP contribution in [-0.2, 0) is 28.8 Å². The fraction of sp³-hybridized carbons (Fsp3) is 0.778. The van der Waals surface area contributed by atoms with Crippen LogP contribution in [0.3, 0.4) is 0 Å². The maximum atomic E-state index is 11.9. The third-order valence-corrected chi connectivity index (χ3v) is 5.76. The molecule has 0 aliphatic rings. The Balaban J connectivity index is 3.51. The molecule has 0 saturated heterocycles. The van der Waals surface area contributed by atoms with Crippen LogP contribution in [0.1, 0.15) is 97.3 Å². The molecule has 6 amide bonds. The Morgan fingerprint density at radius 2 is 0.538 bits per heavy atom. The molecule has 0 atom stereocenters. The van der Waals surface area contributed by atoms with E-state index in [1.807, 2.05) is 0 Å². The van der Waals surface area contributed by atoms with Gasteiger partial charge in [-0.25, -0.2) is 0 Å². The average molecular weight is 555 g/mol. The molecule has 12 nitrogen and oxygen atoms in total. The number of hydrogen-bond donors (Lipinski definition) is 6. The number of carbonyl (C=O) groups excluding carboxylic acids is 6. The van der Waals surface area contributed by atoms with Crippen LogP contribution >= 0.6 is 0 Å². The highest BCUT2D eigenvalue weighted by Crippen LogP contribution is 1.97. The summed E-state index contributed by atoms with van der Waals surface area (Å²) < 4.78 is 0. The fourth-order valence-electron chi connectivity index (χ4n) is 3.53. The summed E-state index contributed by atoms with van der Waals surface area (Å²) in [7, 11) is 0. The molecule has 0 bridgehead atoms. The second-order valence-corrected chi connectivity index (χ2v) is 9.55. The van der Waals surface area contributed by atoms with Crippen LogP contribution in [0.5, 0.6) is 0 Å². The molecule has 0 aromatic rings. The van der Waals surface area contributed by atoms with E-state index in [9.17, 15) is 28.8 Å². The first kappa shape index (κ1) is 35.8. The molecule has 0 heterocycles. The summed E-state index contributed by atoms with van der Waals surface area (Å²) in [5.74, 6) is -0.679. The summed E-state index contributed by atoms with van der Waals surface area (Å²) in [4.78, 5) is 68.9. The van der Waals surface area contributed by atoms with Gasteiger partial charge in [0.05, 0.1) is 0 Å². The largest absolute Gasteiger partial charge is 0.356 e. The highest BCUT2D eigenvalue weighted by Gasteiger charge is 2.07. The molecule has 0 spiro atoms. The minimum Gasteiger partial charge on any atom is -0.356 e. The lowest BCUT2D eigenvalue weighted by Crippen LogP contribution is -2.29. The van der Waals surface area contributed by atoms with Gasteiger partial charge in [-0.15, -0.1) is 0 Å². The Hall–Kier alpha value is -3.18. The Bertz CT molecular complexity index is 686. The third kappa shape index (κ3) is 27.7. The van der Waals surface area contributed by atoms with Gasteiger partial charge in [-0.05, 0) is 57.8 Å². The molecule has 0 aliphatic carbocycles. The van der Waals surface area contributed by atoms with Gasteiger partial charge in [0.25, 0.3) is 0 Å². The van der Waals surface area contributed by atoms with E-state index in [0.29, 0.717) is 39.3 Å². The quantitative estimate of drug-likeness (QED) is 0.0962. The zero-order valence-corrected chi connectivity index (χ0v) is 23.9. The normalized spacial score (nSPS) is 10.3. The lowest BCUT2D eigenvalue weighted by atomic mass is 10.2. The van der Waals surface area contributed by atoms with Gasteiger partial charge < -0.3 is 31.9 Å². The zero-order chi connectivity index (χ0) is 29.1. The zero-order valence-electron chi connectivity index (χ0n) is 23.9. The van der Waals surface area contributed by atoms with Gasteiger partial charge in [0.2, 0.25) is 35.4 Å². The van der Waals surface area contributed by atoms with E-state index >= 15 is 0 Å². The third-order valence-electron chi connectivity index (χ3n) is 5.76. The van der Waals surface area contributed by atoms with Crippen molar-refractivity contribution in [3.63, 3.8) is 0 Å². The molecular formula is C27H50N6O6. The Morgan fingerprint density at radius 1 is 0.333 bits per heavy atom. The second kappa shape index (κ2) is 25.1. The first-order valence-electron chi connectivity index (χ1n) is 14.3. The van der Waals surface area contributed by atoms with Crippen molar-refractivity contribution >= 4 is 35.4 Å². The maximum absolute atomic E-state index is 11.9. The molecular weight excluding hydrogens is 504 g/mol. The van der Waals surface area contributed by atoms with E-state index in [2.05, 4.69) is 31.9 Å². The minimum absolute atomic E-state index is 0.0409. The smallest absolute Gasteiger partial charge is 0.220 e. The SMILES string of the molecule is CC(=O)NCCCCCNC(=O)CCC(=O)NCCCCCNC(=O)CCC(=O)NCCCCCNC(C)=O. The molecule has 0 saturated carbocycles. The van der Waals surface area contributed by atoms with Crippen molar-refractivity contribution in [1.29, 1.82) is 0 Å². The van der Waals surface area contributed by atoms with Crippen molar-refractivity contribution in [3.05, 3.63) is 0 Å². The minimum atomic E-state index is -0.156. The monoisotopic (exact) mass is 554 g/mol. The molecule has 39 heavy (non-hydrogen) atoms. The summed E-state index contributed by atoms with van der Waals surface area (Å²) in [5.41, 5.74) is 0. The molecule has 0 aliphatic heterocycles. The molecule has 224 valence electrons. The Morgan fingerprint density at radius 3 is 0.744 bits per heavy atom. The van der Waals surface area contributed by atoms with Crippen molar-refractivity contribution in [2.45, 2.75) is 97.3 Å². The lowest BCUT2D eigenvalue weighted by molar-refractivity contribution is -0.126. The number of nitrogens with one attached hydrogen (secondary N) is 6. The van der Waals surface area contributed by atoms with E-state index < -0.39 is 0 Å². The Kier molecular flexibility index (Phi) is 23.1.